The molecule has 79 heavy (non-hydrogen) atoms. The molecule has 0 bridgehead atoms. The van der Waals surface area contributed by atoms with Gasteiger partial charge in [0, 0.05) is 25.7 Å². The molecule has 0 aromatic heterocycles. The Morgan fingerprint density at radius 1 is 0.253 bits per heavy atom. The van der Waals surface area contributed by atoms with Crippen molar-refractivity contribution >= 4 is 23.9 Å². The first-order chi connectivity index (χ1) is 38.9. The minimum absolute atomic E-state index is 0.0156. The predicted molar refractivity (Wildman–Crippen MR) is 337 cm³/mol. The fourth-order valence-electron chi connectivity index (χ4n) is 10.8. The molecule has 0 heterocycles. The maximum Gasteiger partial charge on any atom is 0.306 e. The molecule has 466 valence electrons. The van der Waals surface area contributed by atoms with E-state index in [9.17, 15) is 19.2 Å². The third kappa shape index (κ3) is 61.5. The second-order valence-electron chi connectivity index (χ2n) is 24.1. The third-order valence-corrected chi connectivity index (χ3v) is 16.1. The van der Waals surface area contributed by atoms with E-state index in [4.69, 9.17) is 18.9 Å². The zero-order valence-corrected chi connectivity index (χ0v) is 53.3. The first kappa shape index (κ1) is 76.6. The minimum Gasteiger partial charge on any atom is -0.462 e. The lowest BCUT2D eigenvalue weighted by molar-refractivity contribution is -0.167. The lowest BCUT2D eigenvalue weighted by Gasteiger charge is -2.18. The zero-order valence-electron chi connectivity index (χ0n) is 53.3. The van der Waals surface area contributed by atoms with Crippen molar-refractivity contribution in [3.05, 3.63) is 12.2 Å². The summed E-state index contributed by atoms with van der Waals surface area (Å²) in [5.41, 5.74) is 0. The van der Waals surface area contributed by atoms with Crippen LogP contribution in [0.2, 0.25) is 0 Å². The molecule has 0 amide bonds. The van der Waals surface area contributed by atoms with Gasteiger partial charge in [-0.2, -0.15) is 0 Å². The summed E-state index contributed by atoms with van der Waals surface area (Å²) in [6.07, 6.45) is 69.4. The Balaban J connectivity index is 4.64. The fourth-order valence-corrected chi connectivity index (χ4v) is 10.8. The molecule has 0 rings (SSSR count). The second-order valence-corrected chi connectivity index (χ2v) is 24.1. The monoisotopic (exact) mass is 1120 g/mol. The van der Waals surface area contributed by atoms with Gasteiger partial charge in [-0.25, -0.2) is 0 Å². The van der Waals surface area contributed by atoms with Gasteiger partial charge in [0.15, 0.2) is 6.10 Å². The molecule has 0 spiro atoms. The number of esters is 4. The largest absolute Gasteiger partial charge is 0.462 e. The van der Waals surface area contributed by atoms with E-state index in [-0.39, 0.29) is 49.6 Å². The summed E-state index contributed by atoms with van der Waals surface area (Å²) in [5, 5.41) is 0. The van der Waals surface area contributed by atoms with Crippen molar-refractivity contribution in [2.45, 2.75) is 406 Å². The van der Waals surface area contributed by atoms with Gasteiger partial charge in [-0.05, 0) is 77.0 Å². The van der Waals surface area contributed by atoms with Crippen molar-refractivity contribution in [1.29, 1.82) is 0 Å². The number of rotatable bonds is 65. The molecule has 0 fully saturated rings. The Morgan fingerprint density at radius 2 is 0.468 bits per heavy atom. The topological polar surface area (TPSA) is 105 Å². The van der Waals surface area contributed by atoms with Crippen LogP contribution < -0.4 is 0 Å². The van der Waals surface area contributed by atoms with Crippen LogP contribution in [0.1, 0.15) is 394 Å². The number of hydrogen-bond acceptors (Lipinski definition) is 8. The molecule has 0 aromatic rings. The number of hydrogen-bond donors (Lipinski definition) is 0. The standard InChI is InChI=1S/C71H134O8/c1-5-9-13-17-20-23-26-29-31-34-36-39-42-48-54-60-68(72)76-64-67(65-77-69(73)61-55-49-43-40-37-35-32-30-27-24-21-18-14-10-6-2)79-71(75)63-57-51-46-45-47-53-59-66(58-52-16-12-8-4)78-70(74)62-56-50-44-41-38-33-28-25-22-19-15-11-7-3/h29,31,66-67H,5-28,30,32-65H2,1-4H3. The lowest BCUT2D eigenvalue weighted by atomic mass is 10.0. The quantitative estimate of drug-likeness (QED) is 0.0257. The van der Waals surface area contributed by atoms with E-state index in [0.717, 1.165) is 122 Å². The van der Waals surface area contributed by atoms with Crippen LogP contribution >= 0.6 is 0 Å². The molecule has 0 aliphatic heterocycles. The second kappa shape index (κ2) is 64.8. The number of unbranched alkanes of at least 4 members (excludes halogenated alkanes) is 45. The van der Waals surface area contributed by atoms with Crippen LogP contribution in [0.5, 0.6) is 0 Å². The highest BCUT2D eigenvalue weighted by molar-refractivity contribution is 5.71. The number of allylic oxidation sites excluding steroid dienone is 2. The highest BCUT2D eigenvalue weighted by Gasteiger charge is 2.20. The van der Waals surface area contributed by atoms with Gasteiger partial charge in [0.25, 0.3) is 0 Å². The maximum absolute atomic E-state index is 13.1. The molecule has 0 radical (unpaired) electrons. The summed E-state index contributed by atoms with van der Waals surface area (Å²) >= 11 is 0. The Labute approximate surface area is 491 Å². The van der Waals surface area contributed by atoms with Crippen LogP contribution in [0.3, 0.4) is 0 Å². The summed E-state index contributed by atoms with van der Waals surface area (Å²) < 4.78 is 23.1. The van der Waals surface area contributed by atoms with E-state index in [1.54, 1.807) is 0 Å². The van der Waals surface area contributed by atoms with Crippen molar-refractivity contribution < 1.29 is 38.1 Å². The summed E-state index contributed by atoms with van der Waals surface area (Å²) in [5.74, 6) is -0.948. The summed E-state index contributed by atoms with van der Waals surface area (Å²) in [4.78, 5) is 51.5. The van der Waals surface area contributed by atoms with Crippen molar-refractivity contribution in [3.8, 4) is 0 Å². The first-order valence-electron chi connectivity index (χ1n) is 35.2. The molecular weight excluding hydrogens is 981 g/mol. The molecule has 2 unspecified atom stereocenters. The number of carbonyl (C=O) groups is 4. The van der Waals surface area contributed by atoms with Crippen molar-refractivity contribution in [2.24, 2.45) is 0 Å². The smallest absolute Gasteiger partial charge is 0.306 e. The van der Waals surface area contributed by atoms with E-state index in [0.29, 0.717) is 19.3 Å². The summed E-state index contributed by atoms with van der Waals surface area (Å²) in [6.45, 7) is 8.85. The molecule has 0 saturated carbocycles. The van der Waals surface area contributed by atoms with Gasteiger partial charge in [0.1, 0.15) is 19.3 Å². The molecule has 0 aromatic carbocycles. The average molecular weight is 1120 g/mol. The molecule has 0 N–H and O–H groups in total. The number of carbonyl (C=O) groups excluding carboxylic acids is 4. The Hall–Kier alpha value is -2.38. The van der Waals surface area contributed by atoms with Crippen LogP contribution in [0.15, 0.2) is 12.2 Å². The fraction of sp³-hybridized carbons (Fsp3) is 0.915. The van der Waals surface area contributed by atoms with E-state index >= 15 is 0 Å². The van der Waals surface area contributed by atoms with Gasteiger partial charge in [0.2, 0.25) is 0 Å². The van der Waals surface area contributed by atoms with Crippen LogP contribution in [-0.4, -0.2) is 49.3 Å². The predicted octanol–water partition coefficient (Wildman–Crippen LogP) is 22.8. The Bertz CT molecular complexity index is 1310. The van der Waals surface area contributed by atoms with Crippen LogP contribution in [0, 0.1) is 0 Å². The van der Waals surface area contributed by atoms with Gasteiger partial charge in [-0.3, -0.25) is 19.2 Å². The van der Waals surface area contributed by atoms with Gasteiger partial charge in [-0.1, -0.05) is 303 Å². The molecule has 2 atom stereocenters. The summed E-state index contributed by atoms with van der Waals surface area (Å²) in [6, 6.07) is 0. The molecular formula is C71H134O8. The Morgan fingerprint density at radius 3 is 0.759 bits per heavy atom. The van der Waals surface area contributed by atoms with Crippen LogP contribution in [-0.2, 0) is 38.1 Å². The normalized spacial score (nSPS) is 12.3. The van der Waals surface area contributed by atoms with Gasteiger partial charge < -0.3 is 18.9 Å². The molecule has 0 saturated heterocycles. The number of ether oxygens (including phenoxy) is 4. The van der Waals surface area contributed by atoms with Crippen molar-refractivity contribution in [3.63, 3.8) is 0 Å². The highest BCUT2D eigenvalue weighted by atomic mass is 16.6. The molecule has 8 heteroatoms. The minimum atomic E-state index is -0.811. The molecule has 0 aliphatic rings. The Kier molecular flexibility index (Phi) is 62.8. The van der Waals surface area contributed by atoms with Crippen LogP contribution in [0.4, 0.5) is 0 Å². The van der Waals surface area contributed by atoms with Gasteiger partial charge in [0.05, 0.1) is 0 Å². The maximum atomic E-state index is 13.1. The highest BCUT2D eigenvalue weighted by Crippen LogP contribution is 2.20. The van der Waals surface area contributed by atoms with E-state index in [1.165, 1.54) is 218 Å². The first-order valence-corrected chi connectivity index (χ1v) is 35.2. The van der Waals surface area contributed by atoms with E-state index in [2.05, 4.69) is 39.8 Å². The third-order valence-electron chi connectivity index (χ3n) is 16.1. The zero-order chi connectivity index (χ0) is 57.4. The van der Waals surface area contributed by atoms with E-state index < -0.39 is 6.10 Å². The van der Waals surface area contributed by atoms with Gasteiger partial charge in [-0.15, -0.1) is 0 Å². The van der Waals surface area contributed by atoms with Crippen molar-refractivity contribution in [2.75, 3.05) is 13.2 Å². The van der Waals surface area contributed by atoms with Crippen molar-refractivity contribution in [1.82, 2.24) is 0 Å². The summed E-state index contributed by atoms with van der Waals surface area (Å²) in [7, 11) is 0. The van der Waals surface area contributed by atoms with E-state index in [1.807, 2.05) is 0 Å². The average Bonchev–Trinajstić information content (AvgIpc) is 3.44. The van der Waals surface area contributed by atoms with Crippen LogP contribution in [0.25, 0.3) is 0 Å². The lowest BCUT2D eigenvalue weighted by Crippen LogP contribution is -2.30. The van der Waals surface area contributed by atoms with Gasteiger partial charge >= 0.3 is 23.9 Å². The SMILES string of the molecule is CCCCCCCCC=CCCCCCCCC(=O)OCC(COC(=O)CCCCCCCCCCCCCCCCC)OC(=O)CCCCCCCCC(CCCCCC)OC(=O)CCCCCCCCCCCCCCC. The molecule has 8 nitrogen and oxygen atoms in total. The molecule has 0 aliphatic carbocycles.